The maximum atomic E-state index is 12.7. The third kappa shape index (κ3) is 4.68. The van der Waals surface area contributed by atoms with Gasteiger partial charge in [-0.3, -0.25) is 4.90 Å². The lowest BCUT2D eigenvalue weighted by Crippen LogP contribution is -2.48. The van der Waals surface area contributed by atoms with Crippen LogP contribution in [-0.4, -0.2) is 56.9 Å². The summed E-state index contributed by atoms with van der Waals surface area (Å²) in [7, 11) is -2.14. The van der Waals surface area contributed by atoms with E-state index in [9.17, 15) is 13.2 Å². The predicted molar refractivity (Wildman–Crippen MR) is 103 cm³/mol. The van der Waals surface area contributed by atoms with Crippen LogP contribution in [0.25, 0.3) is 0 Å². The highest BCUT2D eigenvalue weighted by Gasteiger charge is 2.28. The molecule has 0 amide bonds. The normalized spacial score (nSPS) is 16.2. The number of esters is 1. The van der Waals surface area contributed by atoms with Gasteiger partial charge in [-0.1, -0.05) is 23.7 Å². The lowest BCUT2D eigenvalue weighted by atomic mass is 10.1. The molecule has 0 bridgehead atoms. The largest absolute Gasteiger partial charge is 0.465 e. The number of carbonyl (C=O) groups is 1. The Morgan fingerprint density at radius 1 is 1.00 bits per heavy atom. The van der Waals surface area contributed by atoms with Crippen molar-refractivity contribution in [2.24, 2.45) is 0 Å². The molecule has 0 radical (unpaired) electrons. The molecule has 1 heterocycles. The minimum Gasteiger partial charge on any atom is -0.465 e. The molecule has 2 aromatic rings. The first-order valence-electron chi connectivity index (χ1n) is 8.55. The van der Waals surface area contributed by atoms with Crippen LogP contribution >= 0.6 is 11.6 Å². The lowest BCUT2D eigenvalue weighted by Gasteiger charge is -2.34. The number of sulfonamides is 1. The number of nitrogens with zero attached hydrogens (tertiary/aromatic N) is 2. The van der Waals surface area contributed by atoms with E-state index in [1.165, 1.54) is 23.5 Å². The molecule has 2 aromatic carbocycles. The van der Waals surface area contributed by atoms with E-state index in [1.54, 1.807) is 24.3 Å². The summed E-state index contributed by atoms with van der Waals surface area (Å²) in [6.07, 6.45) is 0. The van der Waals surface area contributed by atoms with Crippen LogP contribution in [0.1, 0.15) is 15.9 Å². The fraction of sp³-hybridized carbons (Fsp3) is 0.316. The first kappa shape index (κ1) is 19.8. The van der Waals surface area contributed by atoms with Crippen molar-refractivity contribution >= 4 is 27.6 Å². The number of ether oxygens (including phenoxy) is 1. The molecule has 3 rings (SSSR count). The van der Waals surface area contributed by atoms with E-state index in [4.69, 9.17) is 16.3 Å². The molecule has 0 N–H and O–H groups in total. The van der Waals surface area contributed by atoms with E-state index in [0.717, 1.165) is 5.56 Å². The third-order valence-electron chi connectivity index (χ3n) is 4.56. The number of rotatable bonds is 5. The summed E-state index contributed by atoms with van der Waals surface area (Å²) in [6, 6.07) is 13.5. The molecule has 1 saturated heterocycles. The van der Waals surface area contributed by atoms with Gasteiger partial charge in [0.1, 0.15) is 0 Å². The van der Waals surface area contributed by atoms with Crippen molar-refractivity contribution < 1.29 is 17.9 Å². The topological polar surface area (TPSA) is 66.9 Å². The molecule has 0 spiro atoms. The second kappa shape index (κ2) is 8.39. The highest BCUT2D eigenvalue weighted by atomic mass is 35.5. The highest BCUT2D eigenvalue weighted by Crippen LogP contribution is 2.20. The zero-order valence-electron chi connectivity index (χ0n) is 15.0. The molecule has 27 heavy (non-hydrogen) atoms. The van der Waals surface area contributed by atoms with Gasteiger partial charge in [-0.2, -0.15) is 4.31 Å². The molecule has 0 aromatic heterocycles. The fourth-order valence-corrected chi connectivity index (χ4v) is 4.55. The van der Waals surface area contributed by atoms with Crippen molar-refractivity contribution in [3.8, 4) is 0 Å². The number of carbonyl (C=O) groups excluding carboxylic acids is 1. The SMILES string of the molecule is COC(=O)c1ccc(CN2CCN(S(=O)(=O)c3ccc(Cl)cc3)CC2)cc1. The number of hydrogen-bond acceptors (Lipinski definition) is 5. The average Bonchev–Trinajstić information content (AvgIpc) is 2.69. The van der Waals surface area contributed by atoms with Gasteiger partial charge in [-0.15, -0.1) is 0 Å². The van der Waals surface area contributed by atoms with E-state index in [0.29, 0.717) is 43.3 Å². The van der Waals surface area contributed by atoms with E-state index in [2.05, 4.69) is 4.90 Å². The summed E-state index contributed by atoms with van der Waals surface area (Å²) in [6.45, 7) is 2.86. The van der Waals surface area contributed by atoms with Crippen LogP contribution in [0.5, 0.6) is 0 Å². The molecule has 0 unspecified atom stereocenters. The van der Waals surface area contributed by atoms with Crippen LogP contribution in [0.4, 0.5) is 0 Å². The van der Waals surface area contributed by atoms with Crippen molar-refractivity contribution in [3.05, 3.63) is 64.7 Å². The van der Waals surface area contributed by atoms with Gasteiger partial charge in [0, 0.05) is 37.7 Å². The molecular weight excluding hydrogens is 388 g/mol. The molecule has 1 aliphatic heterocycles. The van der Waals surface area contributed by atoms with Crippen LogP contribution in [0.2, 0.25) is 5.02 Å². The van der Waals surface area contributed by atoms with Gasteiger partial charge in [0.2, 0.25) is 10.0 Å². The summed E-state index contributed by atoms with van der Waals surface area (Å²) >= 11 is 5.84. The smallest absolute Gasteiger partial charge is 0.337 e. The number of halogens is 1. The fourth-order valence-electron chi connectivity index (χ4n) is 3.01. The standard InChI is InChI=1S/C19H21ClN2O4S/c1-26-19(23)16-4-2-15(3-5-16)14-21-10-12-22(13-11-21)27(24,25)18-8-6-17(20)7-9-18/h2-9H,10-14H2,1H3. The molecule has 0 atom stereocenters. The lowest BCUT2D eigenvalue weighted by molar-refractivity contribution is 0.0600. The molecule has 8 heteroatoms. The van der Waals surface area contributed by atoms with Crippen LogP contribution in [0.3, 0.4) is 0 Å². The first-order valence-corrected chi connectivity index (χ1v) is 10.4. The van der Waals surface area contributed by atoms with E-state index in [-0.39, 0.29) is 10.9 Å². The van der Waals surface area contributed by atoms with Crippen LogP contribution in [-0.2, 0) is 21.3 Å². The molecule has 6 nitrogen and oxygen atoms in total. The quantitative estimate of drug-likeness (QED) is 0.711. The Morgan fingerprint density at radius 2 is 1.59 bits per heavy atom. The maximum Gasteiger partial charge on any atom is 0.337 e. The summed E-state index contributed by atoms with van der Waals surface area (Å²) in [5, 5.41) is 0.511. The molecule has 144 valence electrons. The van der Waals surface area contributed by atoms with E-state index >= 15 is 0 Å². The van der Waals surface area contributed by atoms with Crippen molar-refractivity contribution in [2.45, 2.75) is 11.4 Å². The Hall–Kier alpha value is -1.93. The second-order valence-electron chi connectivity index (χ2n) is 6.32. The zero-order chi connectivity index (χ0) is 19.4. The van der Waals surface area contributed by atoms with Gasteiger partial charge in [0.15, 0.2) is 0 Å². The number of piperazine rings is 1. The molecular formula is C19H21ClN2O4S. The van der Waals surface area contributed by atoms with Crippen LogP contribution < -0.4 is 0 Å². The van der Waals surface area contributed by atoms with Crippen molar-refractivity contribution in [1.29, 1.82) is 0 Å². The number of methoxy groups -OCH3 is 1. The van der Waals surface area contributed by atoms with E-state index < -0.39 is 10.0 Å². The van der Waals surface area contributed by atoms with Gasteiger partial charge in [0.25, 0.3) is 0 Å². The molecule has 1 fully saturated rings. The average molecular weight is 409 g/mol. The predicted octanol–water partition coefficient (Wildman–Crippen LogP) is 2.63. The summed E-state index contributed by atoms with van der Waals surface area (Å²) in [5.41, 5.74) is 1.58. The Morgan fingerprint density at radius 3 is 2.15 bits per heavy atom. The first-order chi connectivity index (χ1) is 12.9. The van der Waals surface area contributed by atoms with E-state index in [1.807, 2.05) is 12.1 Å². The second-order valence-corrected chi connectivity index (χ2v) is 8.70. The van der Waals surface area contributed by atoms with Gasteiger partial charge in [-0.25, -0.2) is 13.2 Å². The molecule has 0 aliphatic carbocycles. The van der Waals surface area contributed by atoms with Crippen molar-refractivity contribution in [1.82, 2.24) is 9.21 Å². The monoisotopic (exact) mass is 408 g/mol. The van der Waals surface area contributed by atoms with Crippen molar-refractivity contribution in [2.75, 3.05) is 33.3 Å². The Labute approximate surface area is 164 Å². The molecule has 0 saturated carbocycles. The summed E-state index contributed by atoms with van der Waals surface area (Å²) in [5.74, 6) is -0.359. The minimum absolute atomic E-state index is 0.263. The third-order valence-corrected chi connectivity index (χ3v) is 6.73. The van der Waals surface area contributed by atoms with Gasteiger partial charge >= 0.3 is 5.97 Å². The summed E-state index contributed by atoms with van der Waals surface area (Å²) in [4.78, 5) is 13.9. The van der Waals surface area contributed by atoms with Crippen LogP contribution in [0.15, 0.2) is 53.4 Å². The number of hydrogen-bond donors (Lipinski definition) is 0. The van der Waals surface area contributed by atoms with Gasteiger partial charge in [0.05, 0.1) is 17.6 Å². The Kier molecular flexibility index (Phi) is 6.16. The zero-order valence-corrected chi connectivity index (χ0v) is 16.5. The van der Waals surface area contributed by atoms with Gasteiger partial charge < -0.3 is 4.74 Å². The Balaban J connectivity index is 1.58. The van der Waals surface area contributed by atoms with Crippen molar-refractivity contribution in [3.63, 3.8) is 0 Å². The Bertz CT molecular complexity index is 890. The number of benzene rings is 2. The van der Waals surface area contributed by atoms with Gasteiger partial charge in [-0.05, 0) is 42.0 Å². The highest BCUT2D eigenvalue weighted by molar-refractivity contribution is 7.89. The molecule has 1 aliphatic rings. The minimum atomic E-state index is -3.50. The maximum absolute atomic E-state index is 12.7. The summed E-state index contributed by atoms with van der Waals surface area (Å²) < 4.78 is 31.6. The van der Waals surface area contributed by atoms with Crippen LogP contribution in [0, 0.1) is 0 Å².